The Morgan fingerprint density at radius 2 is 1.83 bits per heavy atom. The first kappa shape index (κ1) is 15.9. The molecule has 1 saturated heterocycles. The zero-order valence-electron chi connectivity index (χ0n) is 13.7. The van der Waals surface area contributed by atoms with Gasteiger partial charge in [0.1, 0.15) is 18.4 Å². The maximum Gasteiger partial charge on any atom is 0.163 e. The average molecular weight is 348 g/mol. The van der Waals surface area contributed by atoms with Crippen LogP contribution in [0.5, 0.6) is 11.5 Å². The minimum Gasteiger partial charge on any atom is -0.486 e. The quantitative estimate of drug-likeness (QED) is 0.861. The van der Waals surface area contributed by atoms with Crippen LogP contribution in [0.4, 0.5) is 0 Å². The van der Waals surface area contributed by atoms with Gasteiger partial charge in [-0.25, -0.2) is 4.98 Å². The fraction of sp³-hybridized carbons (Fsp3) is 0.500. The van der Waals surface area contributed by atoms with Crippen molar-refractivity contribution >= 4 is 22.5 Å². The number of rotatable bonds is 4. The van der Waals surface area contributed by atoms with Crippen LogP contribution in [0.3, 0.4) is 0 Å². The normalized spacial score (nSPS) is 18.0. The molecule has 128 valence electrons. The fourth-order valence-electron chi connectivity index (χ4n) is 3.33. The van der Waals surface area contributed by atoms with E-state index in [9.17, 15) is 0 Å². The molecule has 0 spiro atoms. The van der Waals surface area contributed by atoms with Crippen molar-refractivity contribution in [3.05, 3.63) is 28.9 Å². The molecule has 0 bridgehead atoms. The number of benzene rings is 1. The van der Waals surface area contributed by atoms with Crippen molar-refractivity contribution in [3.63, 3.8) is 0 Å². The Labute approximate surface area is 146 Å². The molecule has 2 aliphatic rings. The summed E-state index contributed by atoms with van der Waals surface area (Å²) < 4.78 is 11.3. The van der Waals surface area contributed by atoms with Gasteiger partial charge in [-0.2, -0.15) is 0 Å². The number of hydrogen-bond donors (Lipinski definition) is 1. The predicted molar refractivity (Wildman–Crippen MR) is 95.4 cm³/mol. The minimum absolute atomic E-state index is 0.580. The molecule has 0 aliphatic carbocycles. The number of aryl methyl sites for hydroxylation is 1. The number of aromatic nitrogens is 1. The maximum atomic E-state index is 6.40. The standard InChI is InChI=1S/C18H22ClN3O2/c19-18-13(2-1-5-22-6-3-20-4-7-22)10-14-11-16-17(12-15(14)21-18)24-9-8-23-16/h10-12,20H,1-9H2. The highest BCUT2D eigenvalue weighted by Gasteiger charge is 2.15. The monoisotopic (exact) mass is 347 g/mol. The Hall–Kier alpha value is -1.56. The van der Waals surface area contributed by atoms with Crippen molar-refractivity contribution in [2.24, 2.45) is 0 Å². The number of ether oxygens (including phenoxy) is 2. The molecule has 2 aromatic rings. The largest absolute Gasteiger partial charge is 0.486 e. The summed E-state index contributed by atoms with van der Waals surface area (Å²) in [5, 5.41) is 5.04. The summed E-state index contributed by atoms with van der Waals surface area (Å²) in [6.45, 7) is 6.72. The molecule has 4 rings (SSSR count). The third kappa shape index (κ3) is 3.43. The molecule has 1 aromatic heterocycles. The van der Waals surface area contributed by atoms with Gasteiger partial charge in [0.25, 0.3) is 0 Å². The predicted octanol–water partition coefficient (Wildman–Crippen LogP) is 2.50. The number of pyridine rings is 1. The second kappa shape index (κ2) is 7.13. The van der Waals surface area contributed by atoms with Crippen LogP contribution in [0.15, 0.2) is 18.2 Å². The molecule has 6 heteroatoms. The molecule has 5 nitrogen and oxygen atoms in total. The van der Waals surface area contributed by atoms with E-state index in [1.54, 1.807) is 0 Å². The van der Waals surface area contributed by atoms with E-state index in [1.165, 1.54) is 0 Å². The molecule has 1 aromatic carbocycles. The summed E-state index contributed by atoms with van der Waals surface area (Å²) in [5.41, 5.74) is 1.96. The topological polar surface area (TPSA) is 46.6 Å². The highest BCUT2D eigenvalue weighted by atomic mass is 35.5. The van der Waals surface area contributed by atoms with E-state index in [0.29, 0.717) is 18.4 Å². The van der Waals surface area contributed by atoms with Gasteiger partial charge in [0.2, 0.25) is 0 Å². The second-order valence-electron chi connectivity index (χ2n) is 6.32. The third-order valence-electron chi connectivity index (χ3n) is 4.63. The van der Waals surface area contributed by atoms with E-state index in [0.717, 1.165) is 73.5 Å². The molecule has 0 atom stereocenters. The van der Waals surface area contributed by atoms with Gasteiger partial charge in [0, 0.05) is 37.6 Å². The van der Waals surface area contributed by atoms with Crippen molar-refractivity contribution in [2.75, 3.05) is 45.9 Å². The molecule has 1 fully saturated rings. The van der Waals surface area contributed by atoms with Crippen molar-refractivity contribution in [2.45, 2.75) is 12.8 Å². The zero-order chi connectivity index (χ0) is 16.4. The summed E-state index contributed by atoms with van der Waals surface area (Å²) in [6, 6.07) is 6.06. The molecule has 0 amide bonds. The van der Waals surface area contributed by atoms with Crippen LogP contribution in [0.25, 0.3) is 10.9 Å². The first-order valence-electron chi connectivity index (χ1n) is 8.61. The maximum absolute atomic E-state index is 6.40. The van der Waals surface area contributed by atoms with E-state index in [-0.39, 0.29) is 0 Å². The molecule has 0 saturated carbocycles. The lowest BCUT2D eigenvalue weighted by Crippen LogP contribution is -2.43. The average Bonchev–Trinajstić information content (AvgIpc) is 2.61. The minimum atomic E-state index is 0.580. The number of nitrogens with one attached hydrogen (secondary N) is 1. The van der Waals surface area contributed by atoms with Crippen molar-refractivity contribution in [1.82, 2.24) is 15.2 Å². The zero-order valence-corrected chi connectivity index (χ0v) is 14.4. The lowest BCUT2D eigenvalue weighted by atomic mass is 10.1. The first-order chi connectivity index (χ1) is 11.8. The molecule has 1 N–H and O–H groups in total. The van der Waals surface area contributed by atoms with E-state index in [2.05, 4.69) is 21.3 Å². The smallest absolute Gasteiger partial charge is 0.163 e. The Bertz CT molecular complexity index is 732. The van der Waals surface area contributed by atoms with Crippen LogP contribution >= 0.6 is 11.6 Å². The lowest BCUT2D eigenvalue weighted by Gasteiger charge is -2.27. The molecule has 0 unspecified atom stereocenters. The van der Waals surface area contributed by atoms with Crippen LogP contribution in [0.2, 0.25) is 5.15 Å². The van der Waals surface area contributed by atoms with Gasteiger partial charge in [-0.05, 0) is 37.1 Å². The number of hydrogen-bond acceptors (Lipinski definition) is 5. The number of halogens is 1. The van der Waals surface area contributed by atoms with Gasteiger partial charge in [-0.15, -0.1) is 0 Å². The Balaban J connectivity index is 1.49. The molecule has 24 heavy (non-hydrogen) atoms. The summed E-state index contributed by atoms with van der Waals surface area (Å²) in [7, 11) is 0. The van der Waals surface area contributed by atoms with Crippen LogP contribution < -0.4 is 14.8 Å². The van der Waals surface area contributed by atoms with Gasteiger partial charge >= 0.3 is 0 Å². The lowest BCUT2D eigenvalue weighted by molar-refractivity contribution is 0.172. The van der Waals surface area contributed by atoms with E-state index < -0.39 is 0 Å². The van der Waals surface area contributed by atoms with Gasteiger partial charge < -0.3 is 19.7 Å². The Morgan fingerprint density at radius 3 is 2.62 bits per heavy atom. The number of piperazine rings is 1. The van der Waals surface area contributed by atoms with Crippen molar-refractivity contribution in [1.29, 1.82) is 0 Å². The van der Waals surface area contributed by atoms with Gasteiger partial charge in [0.05, 0.1) is 5.52 Å². The molecular weight excluding hydrogens is 326 g/mol. The van der Waals surface area contributed by atoms with Gasteiger partial charge in [-0.1, -0.05) is 11.6 Å². The summed E-state index contributed by atoms with van der Waals surface area (Å²) in [6.07, 6.45) is 2.04. The summed E-state index contributed by atoms with van der Waals surface area (Å²) in [4.78, 5) is 7.06. The number of fused-ring (bicyclic) bond motifs is 2. The van der Waals surface area contributed by atoms with Gasteiger partial charge in [0.15, 0.2) is 11.5 Å². The Kier molecular flexibility index (Phi) is 4.74. The highest BCUT2D eigenvalue weighted by molar-refractivity contribution is 6.30. The van der Waals surface area contributed by atoms with Crippen LogP contribution in [-0.4, -0.2) is 55.8 Å². The molecular formula is C18H22ClN3O2. The first-order valence-corrected chi connectivity index (χ1v) is 8.99. The summed E-state index contributed by atoms with van der Waals surface area (Å²) in [5.74, 6) is 1.55. The second-order valence-corrected chi connectivity index (χ2v) is 6.68. The van der Waals surface area contributed by atoms with Gasteiger partial charge in [-0.3, -0.25) is 0 Å². The van der Waals surface area contributed by atoms with Crippen molar-refractivity contribution < 1.29 is 9.47 Å². The molecule has 2 aliphatic heterocycles. The van der Waals surface area contributed by atoms with Crippen LogP contribution in [0, 0.1) is 0 Å². The fourth-order valence-corrected chi connectivity index (χ4v) is 3.57. The molecule has 3 heterocycles. The summed E-state index contributed by atoms with van der Waals surface area (Å²) >= 11 is 6.40. The van der Waals surface area contributed by atoms with E-state index >= 15 is 0 Å². The third-order valence-corrected chi connectivity index (χ3v) is 4.96. The SMILES string of the molecule is Clc1nc2cc3c(cc2cc1CCCN1CCNCC1)OCCO3. The molecule has 0 radical (unpaired) electrons. The van der Waals surface area contributed by atoms with Crippen molar-refractivity contribution in [3.8, 4) is 11.5 Å². The Morgan fingerprint density at radius 1 is 1.08 bits per heavy atom. The van der Waals surface area contributed by atoms with Crippen LogP contribution in [0.1, 0.15) is 12.0 Å². The highest BCUT2D eigenvalue weighted by Crippen LogP contribution is 2.35. The number of nitrogens with zero attached hydrogens (tertiary/aromatic N) is 2. The van der Waals surface area contributed by atoms with E-state index in [4.69, 9.17) is 21.1 Å². The van der Waals surface area contributed by atoms with Crippen LogP contribution in [-0.2, 0) is 6.42 Å². The van der Waals surface area contributed by atoms with E-state index in [1.807, 2.05) is 12.1 Å².